The van der Waals surface area contributed by atoms with Crippen molar-refractivity contribution in [3.8, 4) is 0 Å². The van der Waals surface area contributed by atoms with Gasteiger partial charge < -0.3 is 14.2 Å². The van der Waals surface area contributed by atoms with Crippen LogP contribution in [-0.4, -0.2) is 32.0 Å². The maximum Gasteiger partial charge on any atom is 0.106 e. The van der Waals surface area contributed by atoms with Gasteiger partial charge in [0.1, 0.15) is 6.10 Å². The molecule has 3 aliphatic rings. The average molecular weight is 250 g/mol. The summed E-state index contributed by atoms with van der Waals surface area (Å²) in [6.45, 7) is 7.10. The molecule has 0 aliphatic carbocycles. The van der Waals surface area contributed by atoms with Crippen LogP contribution < -0.4 is 0 Å². The van der Waals surface area contributed by atoms with Gasteiger partial charge in [0, 0.05) is 0 Å². The van der Waals surface area contributed by atoms with Crippen LogP contribution in [0.2, 0.25) is 0 Å². The van der Waals surface area contributed by atoms with Gasteiger partial charge in [-0.25, -0.2) is 0 Å². The summed E-state index contributed by atoms with van der Waals surface area (Å²) < 4.78 is 14.7. The molecule has 0 saturated carbocycles. The number of benzene rings is 1. The summed E-state index contributed by atoms with van der Waals surface area (Å²) in [5, 5.41) is 0. The molecule has 3 atom stereocenters. The van der Waals surface area contributed by atoms with Gasteiger partial charge in [-0.3, -0.25) is 0 Å². The minimum absolute atomic E-state index is 0.409. The van der Waals surface area contributed by atoms with Crippen molar-refractivity contribution in [2.24, 2.45) is 0 Å². The molecule has 0 radical (unpaired) electrons. The summed E-state index contributed by atoms with van der Waals surface area (Å²) in [4.78, 5) is 0. The second-order valence-corrected chi connectivity index (χ2v) is 4.74. The van der Waals surface area contributed by atoms with Gasteiger partial charge in [-0.2, -0.15) is 0 Å². The topological polar surface area (TPSA) is 37.6 Å². The second-order valence-electron chi connectivity index (χ2n) is 4.74. The molecule has 0 bridgehead atoms. The fraction of sp³-hybridized carbons (Fsp3) is 0.600. The highest BCUT2D eigenvalue weighted by Crippen LogP contribution is 2.28. The zero-order valence-corrected chi connectivity index (χ0v) is 11.2. The largest absolute Gasteiger partial charge is 0.373 e. The quantitative estimate of drug-likeness (QED) is 0.757. The zero-order valence-electron chi connectivity index (χ0n) is 11.2. The minimum atomic E-state index is 0.409. The van der Waals surface area contributed by atoms with E-state index in [9.17, 15) is 0 Å². The molecule has 3 aliphatic heterocycles. The van der Waals surface area contributed by atoms with E-state index < -0.39 is 0 Å². The van der Waals surface area contributed by atoms with E-state index in [-0.39, 0.29) is 0 Å². The lowest BCUT2D eigenvalue weighted by atomic mass is 10.2. The summed E-state index contributed by atoms with van der Waals surface area (Å²) in [5.41, 5.74) is 1.30. The smallest absolute Gasteiger partial charge is 0.106 e. The van der Waals surface area contributed by atoms with Gasteiger partial charge in [-0.05, 0) is 18.9 Å². The molecular weight excluding hydrogens is 228 g/mol. The molecule has 4 rings (SSSR count). The molecule has 3 unspecified atom stereocenters. The van der Waals surface area contributed by atoms with Crippen LogP contribution in [0.15, 0.2) is 30.3 Å². The summed E-state index contributed by atoms with van der Waals surface area (Å²) in [6, 6.07) is 10.3. The summed E-state index contributed by atoms with van der Waals surface area (Å²) >= 11 is 0. The van der Waals surface area contributed by atoms with E-state index in [2.05, 4.69) is 26.0 Å². The molecule has 3 fully saturated rings. The summed E-state index contributed by atoms with van der Waals surface area (Å²) in [7, 11) is 0. The molecule has 1 aromatic carbocycles. The predicted molar refractivity (Wildman–Crippen MR) is 70.6 cm³/mol. The number of ether oxygens (including phenoxy) is 3. The zero-order chi connectivity index (χ0) is 12.8. The SMILES string of the molecule is CC1CO1.CCC1CO1.c1ccc(C2CO2)cc1. The Balaban J connectivity index is 0.000000113. The van der Waals surface area contributed by atoms with Crippen molar-refractivity contribution in [3.05, 3.63) is 35.9 Å². The highest BCUT2D eigenvalue weighted by Gasteiger charge is 2.23. The Kier molecular flexibility index (Phi) is 5.17. The Hall–Kier alpha value is -0.900. The Labute approximate surface area is 109 Å². The predicted octanol–water partition coefficient (Wildman–Crippen LogP) is 2.96. The number of rotatable bonds is 2. The van der Waals surface area contributed by atoms with Gasteiger partial charge in [-0.15, -0.1) is 0 Å². The average Bonchev–Trinajstić information content (AvgIpc) is 3.29. The van der Waals surface area contributed by atoms with Crippen molar-refractivity contribution >= 4 is 0 Å². The van der Waals surface area contributed by atoms with Crippen LogP contribution in [0.1, 0.15) is 31.9 Å². The third-order valence-electron chi connectivity index (χ3n) is 2.86. The van der Waals surface area contributed by atoms with Gasteiger partial charge >= 0.3 is 0 Å². The van der Waals surface area contributed by atoms with Crippen molar-refractivity contribution < 1.29 is 14.2 Å². The maximum absolute atomic E-state index is 5.09. The van der Waals surface area contributed by atoms with Crippen LogP contribution in [0.5, 0.6) is 0 Å². The molecule has 18 heavy (non-hydrogen) atoms. The van der Waals surface area contributed by atoms with Crippen LogP contribution in [0.4, 0.5) is 0 Å². The first-order valence-corrected chi connectivity index (χ1v) is 6.69. The molecule has 3 saturated heterocycles. The van der Waals surface area contributed by atoms with E-state index in [0.29, 0.717) is 18.3 Å². The summed E-state index contributed by atoms with van der Waals surface area (Å²) in [5.74, 6) is 0. The van der Waals surface area contributed by atoms with Gasteiger partial charge in [0.05, 0.1) is 32.0 Å². The van der Waals surface area contributed by atoms with Crippen LogP contribution >= 0.6 is 0 Å². The molecule has 0 N–H and O–H groups in total. The third-order valence-corrected chi connectivity index (χ3v) is 2.86. The molecule has 1 aromatic rings. The van der Waals surface area contributed by atoms with Gasteiger partial charge in [-0.1, -0.05) is 37.3 Å². The standard InChI is InChI=1S/C8H8O.C4H8O.C3H6O/c1-2-4-7(5-3-1)8-6-9-8;1-2-4-3-5-4;1-3-2-4-3/h1-5,8H,6H2;4H,2-3H2,1H3;3H,2H2,1H3. The Bertz CT molecular complexity index is 327. The van der Waals surface area contributed by atoms with Gasteiger partial charge in [0.2, 0.25) is 0 Å². The Morgan fingerprint density at radius 2 is 1.56 bits per heavy atom. The van der Waals surface area contributed by atoms with Crippen molar-refractivity contribution in [1.82, 2.24) is 0 Å². The van der Waals surface area contributed by atoms with Crippen molar-refractivity contribution in [2.75, 3.05) is 19.8 Å². The molecule has 3 nitrogen and oxygen atoms in total. The normalized spacial score (nSPS) is 30.2. The fourth-order valence-electron chi connectivity index (χ4n) is 1.31. The van der Waals surface area contributed by atoms with E-state index in [4.69, 9.17) is 14.2 Å². The molecule has 100 valence electrons. The lowest BCUT2D eigenvalue weighted by Crippen LogP contribution is -1.75. The number of hydrogen-bond acceptors (Lipinski definition) is 3. The third kappa shape index (κ3) is 6.15. The van der Waals surface area contributed by atoms with Gasteiger partial charge in [0.25, 0.3) is 0 Å². The minimum Gasteiger partial charge on any atom is -0.373 e. The highest BCUT2D eigenvalue weighted by molar-refractivity contribution is 5.19. The lowest BCUT2D eigenvalue weighted by Gasteiger charge is -1.89. The molecule has 0 aromatic heterocycles. The molecule has 3 heteroatoms. The van der Waals surface area contributed by atoms with Crippen molar-refractivity contribution in [3.63, 3.8) is 0 Å². The van der Waals surface area contributed by atoms with E-state index in [0.717, 1.165) is 19.8 Å². The molecule has 0 spiro atoms. The number of epoxide rings is 3. The highest BCUT2D eigenvalue weighted by atomic mass is 16.6. The first kappa shape index (κ1) is 13.5. The molecule has 0 amide bonds. The Morgan fingerprint density at radius 1 is 1.00 bits per heavy atom. The molecular formula is C15H22O3. The Morgan fingerprint density at radius 3 is 1.83 bits per heavy atom. The van der Waals surface area contributed by atoms with Crippen molar-refractivity contribution in [2.45, 2.75) is 38.6 Å². The van der Waals surface area contributed by atoms with Crippen LogP contribution in [-0.2, 0) is 14.2 Å². The fourth-order valence-corrected chi connectivity index (χ4v) is 1.31. The monoisotopic (exact) mass is 250 g/mol. The van der Waals surface area contributed by atoms with E-state index >= 15 is 0 Å². The van der Waals surface area contributed by atoms with Crippen LogP contribution in [0.25, 0.3) is 0 Å². The first-order valence-electron chi connectivity index (χ1n) is 6.69. The maximum atomic E-state index is 5.09. The van der Waals surface area contributed by atoms with Crippen molar-refractivity contribution in [1.29, 1.82) is 0 Å². The first-order chi connectivity index (χ1) is 8.79. The van der Waals surface area contributed by atoms with Gasteiger partial charge in [0.15, 0.2) is 0 Å². The number of hydrogen-bond donors (Lipinski definition) is 0. The van der Waals surface area contributed by atoms with E-state index in [1.54, 1.807) is 0 Å². The van der Waals surface area contributed by atoms with Crippen LogP contribution in [0.3, 0.4) is 0 Å². The lowest BCUT2D eigenvalue weighted by molar-refractivity contribution is 0.403. The van der Waals surface area contributed by atoms with E-state index in [1.807, 2.05) is 18.2 Å². The summed E-state index contributed by atoms with van der Waals surface area (Å²) in [6.07, 6.45) is 2.82. The molecule has 3 heterocycles. The van der Waals surface area contributed by atoms with E-state index in [1.165, 1.54) is 12.0 Å². The van der Waals surface area contributed by atoms with Crippen LogP contribution in [0, 0.1) is 0 Å². The second kappa shape index (κ2) is 6.88.